The summed E-state index contributed by atoms with van der Waals surface area (Å²) in [5.74, 6) is 2.25. The molecule has 0 bridgehead atoms. The molecule has 2 rings (SSSR count). The van der Waals surface area contributed by atoms with Gasteiger partial charge in [0.15, 0.2) is 0 Å². The fourth-order valence-electron chi connectivity index (χ4n) is 2.14. The predicted molar refractivity (Wildman–Crippen MR) is 76.5 cm³/mol. The number of hydrogen-bond donors (Lipinski definition) is 3. The summed E-state index contributed by atoms with van der Waals surface area (Å²) in [4.78, 5) is 8.67. The third kappa shape index (κ3) is 5.00. The molecule has 1 aromatic heterocycles. The van der Waals surface area contributed by atoms with Crippen molar-refractivity contribution >= 4 is 11.8 Å². The smallest absolute Gasteiger partial charge is 0.224 e. The predicted octanol–water partition coefficient (Wildman–Crippen LogP) is 0.946. The van der Waals surface area contributed by atoms with Crippen LogP contribution in [0.1, 0.15) is 12.8 Å². The van der Waals surface area contributed by atoms with E-state index in [0.29, 0.717) is 12.6 Å². The summed E-state index contributed by atoms with van der Waals surface area (Å²) >= 11 is 0. The number of piperidine rings is 1. The minimum Gasteiger partial charge on any atom is -0.383 e. The molecule has 0 radical (unpaired) electrons. The van der Waals surface area contributed by atoms with E-state index in [1.165, 1.54) is 12.8 Å². The Labute approximate surface area is 114 Å². The fourth-order valence-corrected chi connectivity index (χ4v) is 2.14. The number of anilines is 2. The van der Waals surface area contributed by atoms with E-state index in [4.69, 9.17) is 4.74 Å². The molecule has 2 heterocycles. The zero-order valence-corrected chi connectivity index (χ0v) is 11.5. The third-order valence-electron chi connectivity index (χ3n) is 3.28. The standard InChI is InChI=1S/C13H23N5O/c1-19-9-8-15-12-4-7-16-13(18-12)17-10-11-2-5-14-6-3-11/h4,7,11,14H,2-3,5-6,8-10H2,1H3,(H2,15,16,17,18). The Morgan fingerprint density at radius 1 is 1.37 bits per heavy atom. The lowest BCUT2D eigenvalue weighted by atomic mass is 9.98. The van der Waals surface area contributed by atoms with Gasteiger partial charge >= 0.3 is 0 Å². The van der Waals surface area contributed by atoms with Crippen LogP contribution < -0.4 is 16.0 Å². The van der Waals surface area contributed by atoms with Crippen LogP contribution in [-0.4, -0.2) is 49.9 Å². The second kappa shape index (κ2) is 7.91. The molecule has 0 atom stereocenters. The van der Waals surface area contributed by atoms with Crippen molar-refractivity contribution in [3.63, 3.8) is 0 Å². The van der Waals surface area contributed by atoms with Crippen LogP contribution in [-0.2, 0) is 4.74 Å². The van der Waals surface area contributed by atoms with E-state index in [0.717, 1.165) is 37.9 Å². The number of rotatable bonds is 7. The summed E-state index contributed by atoms with van der Waals surface area (Å²) in [5.41, 5.74) is 0. The molecule has 6 heteroatoms. The monoisotopic (exact) mass is 265 g/mol. The van der Waals surface area contributed by atoms with E-state index in [1.807, 2.05) is 6.07 Å². The summed E-state index contributed by atoms with van der Waals surface area (Å²) < 4.78 is 4.99. The summed E-state index contributed by atoms with van der Waals surface area (Å²) in [7, 11) is 1.69. The second-order valence-electron chi connectivity index (χ2n) is 4.76. The highest BCUT2D eigenvalue weighted by molar-refractivity contribution is 5.39. The average molecular weight is 265 g/mol. The Hall–Kier alpha value is -1.40. The van der Waals surface area contributed by atoms with Crippen LogP contribution in [0.2, 0.25) is 0 Å². The van der Waals surface area contributed by atoms with Crippen LogP contribution in [0.4, 0.5) is 11.8 Å². The SMILES string of the molecule is COCCNc1ccnc(NCC2CCNCC2)n1. The highest BCUT2D eigenvalue weighted by Crippen LogP contribution is 2.12. The molecule has 1 aliphatic rings. The van der Waals surface area contributed by atoms with Gasteiger partial charge in [0.2, 0.25) is 5.95 Å². The number of ether oxygens (including phenoxy) is 1. The molecule has 0 aromatic carbocycles. The van der Waals surface area contributed by atoms with Gasteiger partial charge in [0.05, 0.1) is 6.61 Å². The van der Waals surface area contributed by atoms with E-state index in [9.17, 15) is 0 Å². The molecule has 19 heavy (non-hydrogen) atoms. The summed E-state index contributed by atoms with van der Waals surface area (Å²) in [5, 5.41) is 9.89. The molecular formula is C13H23N5O. The maximum Gasteiger partial charge on any atom is 0.224 e. The lowest BCUT2D eigenvalue weighted by molar-refractivity contribution is 0.210. The highest BCUT2D eigenvalue weighted by Gasteiger charge is 2.12. The molecule has 0 unspecified atom stereocenters. The summed E-state index contributed by atoms with van der Waals surface area (Å²) in [6.45, 7) is 4.60. The van der Waals surface area contributed by atoms with E-state index < -0.39 is 0 Å². The van der Waals surface area contributed by atoms with E-state index >= 15 is 0 Å². The van der Waals surface area contributed by atoms with Crippen LogP contribution >= 0.6 is 0 Å². The maximum atomic E-state index is 4.99. The van der Waals surface area contributed by atoms with Crippen molar-refractivity contribution in [2.45, 2.75) is 12.8 Å². The van der Waals surface area contributed by atoms with Gasteiger partial charge in [-0.3, -0.25) is 0 Å². The molecule has 1 aliphatic heterocycles. The quantitative estimate of drug-likeness (QED) is 0.638. The number of nitrogens with one attached hydrogen (secondary N) is 3. The molecular weight excluding hydrogens is 242 g/mol. The molecule has 106 valence electrons. The van der Waals surface area contributed by atoms with Crippen molar-refractivity contribution < 1.29 is 4.74 Å². The topological polar surface area (TPSA) is 71.1 Å². The highest BCUT2D eigenvalue weighted by atomic mass is 16.5. The minimum absolute atomic E-state index is 0.668. The Kier molecular flexibility index (Phi) is 5.84. The van der Waals surface area contributed by atoms with Crippen LogP contribution in [0, 0.1) is 5.92 Å². The van der Waals surface area contributed by atoms with Gasteiger partial charge in [0, 0.05) is 26.4 Å². The van der Waals surface area contributed by atoms with Crippen LogP contribution in [0.25, 0.3) is 0 Å². The summed E-state index contributed by atoms with van der Waals surface area (Å²) in [6, 6.07) is 1.87. The third-order valence-corrected chi connectivity index (χ3v) is 3.28. The van der Waals surface area contributed by atoms with E-state index in [1.54, 1.807) is 13.3 Å². The van der Waals surface area contributed by atoms with Crippen LogP contribution in [0.3, 0.4) is 0 Å². The van der Waals surface area contributed by atoms with Crippen LogP contribution in [0.15, 0.2) is 12.3 Å². The molecule has 1 saturated heterocycles. The van der Waals surface area contributed by atoms with Gasteiger partial charge in [-0.1, -0.05) is 0 Å². The van der Waals surface area contributed by atoms with Crippen molar-refractivity contribution in [2.75, 3.05) is 50.5 Å². The molecule has 6 nitrogen and oxygen atoms in total. The zero-order valence-electron chi connectivity index (χ0n) is 11.5. The number of aromatic nitrogens is 2. The van der Waals surface area contributed by atoms with Crippen molar-refractivity contribution in [1.29, 1.82) is 0 Å². The number of hydrogen-bond acceptors (Lipinski definition) is 6. The van der Waals surface area contributed by atoms with Crippen molar-refractivity contribution in [3.05, 3.63) is 12.3 Å². The largest absolute Gasteiger partial charge is 0.383 e. The normalized spacial score (nSPS) is 16.3. The molecule has 0 aliphatic carbocycles. The molecule has 0 saturated carbocycles. The van der Waals surface area contributed by atoms with Crippen molar-refractivity contribution in [2.24, 2.45) is 5.92 Å². The first kappa shape index (κ1) is 14.0. The van der Waals surface area contributed by atoms with Gasteiger partial charge in [-0.15, -0.1) is 0 Å². The Bertz CT molecular complexity index is 368. The van der Waals surface area contributed by atoms with E-state index in [-0.39, 0.29) is 0 Å². The van der Waals surface area contributed by atoms with Crippen molar-refractivity contribution in [1.82, 2.24) is 15.3 Å². The van der Waals surface area contributed by atoms with Crippen molar-refractivity contribution in [3.8, 4) is 0 Å². The Morgan fingerprint density at radius 3 is 3.00 bits per heavy atom. The van der Waals surface area contributed by atoms with E-state index in [2.05, 4.69) is 25.9 Å². The number of methoxy groups -OCH3 is 1. The lowest BCUT2D eigenvalue weighted by Crippen LogP contribution is -2.31. The number of nitrogens with zero attached hydrogens (tertiary/aromatic N) is 2. The first-order valence-electron chi connectivity index (χ1n) is 6.89. The molecule has 0 amide bonds. The van der Waals surface area contributed by atoms with Gasteiger partial charge in [-0.25, -0.2) is 4.98 Å². The first-order valence-corrected chi connectivity index (χ1v) is 6.89. The average Bonchev–Trinajstić information content (AvgIpc) is 2.47. The Balaban J connectivity index is 1.77. The van der Waals surface area contributed by atoms with Crippen LogP contribution in [0.5, 0.6) is 0 Å². The van der Waals surface area contributed by atoms with Gasteiger partial charge in [0.25, 0.3) is 0 Å². The maximum absolute atomic E-state index is 4.99. The molecule has 1 fully saturated rings. The minimum atomic E-state index is 0.668. The van der Waals surface area contributed by atoms with Gasteiger partial charge < -0.3 is 20.7 Å². The molecule has 1 aromatic rings. The van der Waals surface area contributed by atoms with Gasteiger partial charge in [-0.05, 0) is 37.9 Å². The molecule has 0 spiro atoms. The molecule has 3 N–H and O–H groups in total. The fraction of sp³-hybridized carbons (Fsp3) is 0.692. The first-order chi connectivity index (χ1) is 9.38. The van der Waals surface area contributed by atoms with Gasteiger partial charge in [0.1, 0.15) is 5.82 Å². The second-order valence-corrected chi connectivity index (χ2v) is 4.76. The summed E-state index contributed by atoms with van der Waals surface area (Å²) in [6.07, 6.45) is 4.21. The lowest BCUT2D eigenvalue weighted by Gasteiger charge is -2.22. The zero-order chi connectivity index (χ0) is 13.3. The Morgan fingerprint density at radius 2 is 2.21 bits per heavy atom. The van der Waals surface area contributed by atoms with Gasteiger partial charge in [-0.2, -0.15) is 4.98 Å².